The van der Waals surface area contributed by atoms with E-state index < -0.39 is 22.0 Å². The van der Waals surface area contributed by atoms with Crippen molar-refractivity contribution in [1.82, 2.24) is 10.3 Å². The molecule has 2 N–H and O–H groups in total. The van der Waals surface area contributed by atoms with E-state index in [2.05, 4.69) is 5.43 Å². The predicted octanol–water partition coefficient (Wildman–Crippen LogP) is 2.73. The van der Waals surface area contributed by atoms with Crippen LogP contribution < -0.4 is 15.0 Å². The van der Waals surface area contributed by atoms with Crippen LogP contribution in [-0.4, -0.2) is 20.4 Å². The Morgan fingerprint density at radius 3 is 2.52 bits per heavy atom. The van der Waals surface area contributed by atoms with Gasteiger partial charge in [0.2, 0.25) is 0 Å². The molecule has 1 amide bonds. The molecule has 25 heavy (non-hydrogen) atoms. The van der Waals surface area contributed by atoms with Crippen molar-refractivity contribution in [2.75, 3.05) is 0 Å². The summed E-state index contributed by atoms with van der Waals surface area (Å²) in [4.78, 5) is 14.1. The van der Waals surface area contributed by atoms with Crippen LogP contribution in [-0.2, 0) is 14.8 Å². The summed E-state index contributed by atoms with van der Waals surface area (Å²) in [6.07, 6.45) is -0.887. The number of benzene rings is 2. The van der Waals surface area contributed by atoms with Gasteiger partial charge in [-0.05, 0) is 56.2 Å². The summed E-state index contributed by atoms with van der Waals surface area (Å²) in [6, 6.07) is 11.2. The summed E-state index contributed by atoms with van der Waals surface area (Å²) in [7, 11) is -3.92. The lowest BCUT2D eigenvalue weighted by molar-refractivity contribution is -0.127. The van der Waals surface area contributed by atoms with Gasteiger partial charge in [-0.1, -0.05) is 29.8 Å². The van der Waals surface area contributed by atoms with Gasteiger partial charge >= 0.3 is 0 Å². The summed E-state index contributed by atoms with van der Waals surface area (Å²) in [5.74, 6) is -0.0492. The second kappa shape index (κ2) is 7.86. The Hall–Kier alpha value is -2.09. The molecule has 0 radical (unpaired) electrons. The molecule has 0 aromatic heterocycles. The SMILES string of the molecule is Cc1cccc(O[C@@H](C)C(=O)NNS(=O)(=O)c2cccc(Cl)c2)c1C. The molecule has 2 aromatic rings. The summed E-state index contributed by atoms with van der Waals surface area (Å²) >= 11 is 5.78. The van der Waals surface area contributed by atoms with Crippen molar-refractivity contribution < 1.29 is 17.9 Å². The van der Waals surface area contributed by atoms with E-state index in [4.69, 9.17) is 16.3 Å². The zero-order chi connectivity index (χ0) is 18.6. The molecule has 0 fully saturated rings. The Kier molecular flexibility index (Phi) is 6.05. The second-order valence-electron chi connectivity index (χ2n) is 5.51. The molecule has 0 spiro atoms. The Labute approximate surface area is 152 Å². The average Bonchev–Trinajstić information content (AvgIpc) is 2.57. The van der Waals surface area contributed by atoms with Gasteiger partial charge < -0.3 is 4.74 Å². The molecular formula is C17H19ClN2O4S. The second-order valence-corrected chi connectivity index (χ2v) is 7.63. The van der Waals surface area contributed by atoms with Crippen LogP contribution in [0.3, 0.4) is 0 Å². The third kappa shape index (κ3) is 4.94. The predicted molar refractivity (Wildman–Crippen MR) is 95.9 cm³/mol. The van der Waals surface area contributed by atoms with E-state index in [0.29, 0.717) is 5.75 Å². The van der Waals surface area contributed by atoms with Crippen molar-refractivity contribution in [2.24, 2.45) is 0 Å². The zero-order valence-corrected chi connectivity index (χ0v) is 15.6. The number of hydrogen-bond donors (Lipinski definition) is 2. The molecule has 2 aromatic carbocycles. The molecule has 2 rings (SSSR count). The lowest BCUT2D eigenvalue weighted by atomic mass is 10.1. The van der Waals surface area contributed by atoms with E-state index in [9.17, 15) is 13.2 Å². The molecule has 6 nitrogen and oxygen atoms in total. The first-order chi connectivity index (χ1) is 11.7. The van der Waals surface area contributed by atoms with Gasteiger partial charge in [0, 0.05) is 5.02 Å². The Balaban J connectivity index is 2.00. The van der Waals surface area contributed by atoms with Gasteiger partial charge in [-0.2, -0.15) is 0 Å². The molecule has 8 heteroatoms. The zero-order valence-electron chi connectivity index (χ0n) is 14.0. The first-order valence-corrected chi connectivity index (χ1v) is 9.37. The van der Waals surface area contributed by atoms with E-state index >= 15 is 0 Å². The maximum Gasteiger partial charge on any atom is 0.275 e. The van der Waals surface area contributed by atoms with E-state index in [0.717, 1.165) is 11.1 Å². The first kappa shape index (κ1) is 19.2. The topological polar surface area (TPSA) is 84.5 Å². The third-order valence-electron chi connectivity index (χ3n) is 3.64. The number of ether oxygens (including phenoxy) is 1. The van der Waals surface area contributed by atoms with Gasteiger partial charge in [-0.25, -0.2) is 8.42 Å². The maximum atomic E-state index is 12.1. The molecule has 0 aliphatic carbocycles. The highest BCUT2D eigenvalue weighted by Gasteiger charge is 2.20. The number of nitrogens with one attached hydrogen (secondary N) is 2. The minimum Gasteiger partial charge on any atom is -0.481 e. The molecule has 0 saturated carbocycles. The highest BCUT2D eigenvalue weighted by molar-refractivity contribution is 7.89. The fraction of sp³-hybridized carbons (Fsp3) is 0.235. The van der Waals surface area contributed by atoms with E-state index in [1.165, 1.54) is 25.1 Å². The van der Waals surface area contributed by atoms with Gasteiger partial charge in [-0.3, -0.25) is 10.2 Å². The van der Waals surface area contributed by atoms with Crippen LogP contribution in [0.1, 0.15) is 18.1 Å². The van der Waals surface area contributed by atoms with Crippen molar-refractivity contribution >= 4 is 27.5 Å². The third-order valence-corrected chi connectivity index (χ3v) is 5.12. The number of amides is 1. The van der Waals surface area contributed by atoms with Gasteiger partial charge in [0.25, 0.3) is 15.9 Å². The first-order valence-electron chi connectivity index (χ1n) is 7.51. The Morgan fingerprint density at radius 2 is 1.84 bits per heavy atom. The van der Waals surface area contributed by atoms with E-state index in [1.807, 2.05) is 30.8 Å². The monoisotopic (exact) mass is 382 g/mol. The van der Waals surface area contributed by atoms with Crippen LogP contribution in [0.5, 0.6) is 5.75 Å². The number of sulfonamides is 1. The molecule has 0 unspecified atom stereocenters. The minimum absolute atomic E-state index is 0.0524. The van der Waals surface area contributed by atoms with Crippen LogP contribution in [0.25, 0.3) is 0 Å². The molecule has 0 aliphatic rings. The molecule has 0 aliphatic heterocycles. The van der Waals surface area contributed by atoms with Crippen molar-refractivity contribution in [3.8, 4) is 5.75 Å². The van der Waals surface area contributed by atoms with Crippen molar-refractivity contribution in [3.63, 3.8) is 0 Å². The van der Waals surface area contributed by atoms with Crippen LogP contribution in [0.2, 0.25) is 5.02 Å². The molecule has 0 bridgehead atoms. The largest absolute Gasteiger partial charge is 0.481 e. The van der Waals surface area contributed by atoms with Crippen LogP contribution in [0.15, 0.2) is 47.4 Å². The van der Waals surface area contributed by atoms with Crippen molar-refractivity contribution in [1.29, 1.82) is 0 Å². The maximum absolute atomic E-state index is 12.1. The Morgan fingerprint density at radius 1 is 1.16 bits per heavy atom. The summed E-state index contributed by atoms with van der Waals surface area (Å²) < 4.78 is 29.9. The average molecular weight is 383 g/mol. The molecule has 0 heterocycles. The lowest BCUT2D eigenvalue weighted by Gasteiger charge is -2.17. The van der Waals surface area contributed by atoms with Gasteiger partial charge in [0.05, 0.1) is 4.90 Å². The van der Waals surface area contributed by atoms with Crippen molar-refractivity contribution in [2.45, 2.75) is 31.8 Å². The van der Waals surface area contributed by atoms with Crippen LogP contribution in [0, 0.1) is 13.8 Å². The smallest absolute Gasteiger partial charge is 0.275 e. The number of hydrogen-bond acceptors (Lipinski definition) is 4. The number of rotatable bonds is 6. The molecule has 1 atom stereocenters. The fourth-order valence-electron chi connectivity index (χ4n) is 2.01. The van der Waals surface area contributed by atoms with Gasteiger partial charge in [0.1, 0.15) is 5.75 Å². The lowest BCUT2D eigenvalue weighted by Crippen LogP contribution is -2.47. The number of carbonyl (C=O) groups is 1. The highest BCUT2D eigenvalue weighted by atomic mass is 35.5. The van der Waals surface area contributed by atoms with E-state index in [1.54, 1.807) is 12.1 Å². The van der Waals surface area contributed by atoms with Gasteiger partial charge in [-0.15, -0.1) is 4.83 Å². The summed E-state index contributed by atoms with van der Waals surface area (Å²) in [5, 5.41) is 0.279. The number of aryl methyl sites for hydroxylation is 1. The van der Waals surface area contributed by atoms with Crippen LogP contribution >= 0.6 is 11.6 Å². The molecular weight excluding hydrogens is 364 g/mol. The molecule has 134 valence electrons. The standard InChI is InChI=1S/C17H19ClN2O4S/c1-11-6-4-9-16(12(11)2)24-13(3)17(21)19-20-25(22,23)15-8-5-7-14(18)10-15/h4-10,13,20H,1-3H3,(H,19,21)/t13-/m0/s1. The normalized spacial score (nSPS) is 12.5. The van der Waals surface area contributed by atoms with E-state index in [-0.39, 0.29) is 9.92 Å². The van der Waals surface area contributed by atoms with Gasteiger partial charge in [0.15, 0.2) is 6.10 Å². The number of hydrazine groups is 1. The highest BCUT2D eigenvalue weighted by Crippen LogP contribution is 2.21. The number of carbonyl (C=O) groups excluding carboxylic acids is 1. The summed E-state index contributed by atoms with van der Waals surface area (Å²) in [5.41, 5.74) is 4.10. The summed E-state index contributed by atoms with van der Waals surface area (Å²) in [6.45, 7) is 5.36. The molecule has 0 saturated heterocycles. The van der Waals surface area contributed by atoms with Crippen LogP contribution in [0.4, 0.5) is 0 Å². The number of halogens is 1. The van der Waals surface area contributed by atoms with Crippen molar-refractivity contribution in [3.05, 3.63) is 58.6 Å². The quantitative estimate of drug-likeness (QED) is 0.752. The minimum atomic E-state index is -3.92. The Bertz CT molecular complexity index is 884. The fourth-order valence-corrected chi connectivity index (χ4v) is 3.16.